The van der Waals surface area contributed by atoms with Gasteiger partial charge in [0.2, 0.25) is 0 Å². The quantitative estimate of drug-likeness (QED) is 0.242. The van der Waals surface area contributed by atoms with Crippen LogP contribution in [0.4, 0.5) is 0 Å². The molecule has 1 aromatic rings. The molecular formula is C22H39O3P. The highest BCUT2D eigenvalue weighted by Crippen LogP contribution is 2.31. The lowest BCUT2D eigenvalue weighted by atomic mass is 9.95. The Balaban J connectivity index is 2.58. The Morgan fingerprint density at radius 1 is 0.808 bits per heavy atom. The van der Waals surface area contributed by atoms with E-state index in [1.165, 1.54) is 76.2 Å². The van der Waals surface area contributed by atoms with Crippen molar-refractivity contribution >= 4 is 8.25 Å². The standard InChI is InChI=1S/C22H39O3P/c1-3-5-7-9-11-13-16-20-17-15-19-22(25-26(23)24)21(20)18-14-12-10-8-6-4-2/h15,17,19,26H,3-14,16,18H2,1-2H3,(H,23,24). The molecule has 1 unspecified atom stereocenters. The van der Waals surface area contributed by atoms with E-state index in [-0.39, 0.29) is 0 Å². The summed E-state index contributed by atoms with van der Waals surface area (Å²) in [5.41, 5.74) is 2.46. The molecule has 0 radical (unpaired) electrons. The first-order chi connectivity index (χ1) is 12.7. The van der Waals surface area contributed by atoms with Crippen LogP contribution in [0.1, 0.15) is 102 Å². The fourth-order valence-electron chi connectivity index (χ4n) is 3.50. The first kappa shape index (κ1) is 23.2. The van der Waals surface area contributed by atoms with Crippen LogP contribution in [-0.2, 0) is 17.4 Å². The van der Waals surface area contributed by atoms with Crippen LogP contribution < -0.4 is 4.52 Å². The lowest BCUT2D eigenvalue weighted by Crippen LogP contribution is -1.99. The SMILES string of the molecule is CCCCCCCCc1cccc(O[PH](=O)O)c1CCCCCCCC. The van der Waals surface area contributed by atoms with Crippen molar-refractivity contribution in [3.63, 3.8) is 0 Å². The summed E-state index contributed by atoms with van der Waals surface area (Å²) in [6, 6.07) is 5.97. The second-order valence-electron chi connectivity index (χ2n) is 7.30. The van der Waals surface area contributed by atoms with E-state index in [1.54, 1.807) is 0 Å². The third-order valence-corrected chi connectivity index (χ3v) is 5.40. The van der Waals surface area contributed by atoms with E-state index in [0.29, 0.717) is 5.75 Å². The van der Waals surface area contributed by atoms with Gasteiger partial charge in [-0.05, 0) is 42.9 Å². The number of hydrogen-bond acceptors (Lipinski definition) is 2. The van der Waals surface area contributed by atoms with Crippen LogP contribution in [0.5, 0.6) is 5.75 Å². The third-order valence-electron chi connectivity index (χ3n) is 5.01. The molecule has 0 saturated carbocycles. The smallest absolute Gasteiger partial charge is 0.365 e. The van der Waals surface area contributed by atoms with Gasteiger partial charge in [0.15, 0.2) is 0 Å². The summed E-state index contributed by atoms with van der Waals surface area (Å²) in [5.74, 6) is 0.619. The second-order valence-corrected chi connectivity index (χ2v) is 8.03. The monoisotopic (exact) mass is 382 g/mol. The van der Waals surface area contributed by atoms with Gasteiger partial charge < -0.3 is 9.42 Å². The molecule has 0 aliphatic rings. The van der Waals surface area contributed by atoms with Gasteiger partial charge >= 0.3 is 8.25 Å². The zero-order chi connectivity index (χ0) is 19.0. The Hall–Kier alpha value is -0.790. The number of unbranched alkanes of at least 4 members (excludes halogenated alkanes) is 10. The van der Waals surface area contributed by atoms with Gasteiger partial charge in [-0.1, -0.05) is 90.2 Å². The van der Waals surface area contributed by atoms with Gasteiger partial charge in [-0.3, -0.25) is 0 Å². The fraction of sp³-hybridized carbons (Fsp3) is 0.727. The van der Waals surface area contributed by atoms with Crippen LogP contribution in [0.3, 0.4) is 0 Å². The van der Waals surface area contributed by atoms with Crippen molar-refractivity contribution in [1.29, 1.82) is 0 Å². The molecule has 0 aromatic heterocycles. The molecular weight excluding hydrogens is 343 g/mol. The topological polar surface area (TPSA) is 46.5 Å². The van der Waals surface area contributed by atoms with E-state index in [4.69, 9.17) is 4.52 Å². The molecule has 0 aliphatic heterocycles. The summed E-state index contributed by atoms with van der Waals surface area (Å²) < 4.78 is 16.4. The molecule has 0 aliphatic carbocycles. The van der Waals surface area contributed by atoms with Crippen molar-refractivity contribution in [2.75, 3.05) is 0 Å². The Bertz CT molecular complexity index is 502. The van der Waals surface area contributed by atoms with E-state index in [9.17, 15) is 9.46 Å². The summed E-state index contributed by atoms with van der Waals surface area (Å²) in [4.78, 5) is 9.21. The van der Waals surface area contributed by atoms with Gasteiger partial charge in [-0.15, -0.1) is 0 Å². The molecule has 0 heterocycles. The molecule has 26 heavy (non-hydrogen) atoms. The molecule has 0 saturated heterocycles. The maximum Gasteiger partial charge on any atom is 0.365 e. The first-order valence-electron chi connectivity index (χ1n) is 10.7. The maximum absolute atomic E-state index is 11.2. The molecule has 1 rings (SSSR count). The van der Waals surface area contributed by atoms with Crippen LogP contribution in [0, 0.1) is 0 Å². The summed E-state index contributed by atoms with van der Waals surface area (Å²) in [6.07, 6.45) is 17.2. The van der Waals surface area contributed by atoms with Crippen molar-refractivity contribution < 1.29 is 14.0 Å². The van der Waals surface area contributed by atoms with Gasteiger partial charge in [0.05, 0.1) is 0 Å². The highest BCUT2D eigenvalue weighted by Gasteiger charge is 2.11. The molecule has 0 spiro atoms. The fourth-order valence-corrected chi connectivity index (χ4v) is 3.88. The van der Waals surface area contributed by atoms with E-state index >= 15 is 0 Å². The molecule has 4 heteroatoms. The number of rotatable bonds is 16. The van der Waals surface area contributed by atoms with Crippen molar-refractivity contribution in [3.05, 3.63) is 29.3 Å². The summed E-state index contributed by atoms with van der Waals surface area (Å²) in [7, 11) is -2.95. The normalized spacial score (nSPS) is 12.3. The lowest BCUT2D eigenvalue weighted by Gasteiger charge is -2.14. The Morgan fingerprint density at radius 2 is 1.35 bits per heavy atom. The van der Waals surface area contributed by atoms with Crippen molar-refractivity contribution in [3.8, 4) is 5.75 Å². The summed E-state index contributed by atoms with van der Waals surface area (Å²) in [6.45, 7) is 4.48. The maximum atomic E-state index is 11.2. The predicted octanol–water partition coefficient (Wildman–Crippen LogP) is 7.25. The van der Waals surface area contributed by atoms with Crippen LogP contribution in [0.25, 0.3) is 0 Å². The van der Waals surface area contributed by atoms with Gasteiger partial charge in [-0.2, -0.15) is 0 Å². The average molecular weight is 383 g/mol. The van der Waals surface area contributed by atoms with Gasteiger partial charge in [0, 0.05) is 0 Å². The largest absolute Gasteiger partial charge is 0.426 e. The summed E-state index contributed by atoms with van der Waals surface area (Å²) in [5, 5.41) is 0. The molecule has 0 fully saturated rings. The minimum Gasteiger partial charge on any atom is -0.426 e. The zero-order valence-electron chi connectivity index (χ0n) is 16.9. The van der Waals surface area contributed by atoms with Gasteiger partial charge in [-0.25, -0.2) is 4.57 Å². The number of aryl methyl sites for hydroxylation is 1. The average Bonchev–Trinajstić information content (AvgIpc) is 2.62. The predicted molar refractivity (Wildman–Crippen MR) is 112 cm³/mol. The molecule has 1 aromatic carbocycles. The van der Waals surface area contributed by atoms with Crippen LogP contribution in [-0.4, -0.2) is 4.89 Å². The second kappa shape index (κ2) is 15.3. The van der Waals surface area contributed by atoms with Crippen molar-refractivity contribution in [1.82, 2.24) is 0 Å². The highest BCUT2D eigenvalue weighted by molar-refractivity contribution is 7.32. The van der Waals surface area contributed by atoms with E-state index in [1.807, 2.05) is 12.1 Å². The molecule has 3 nitrogen and oxygen atoms in total. The molecule has 1 atom stereocenters. The van der Waals surface area contributed by atoms with E-state index in [2.05, 4.69) is 19.9 Å². The molecule has 150 valence electrons. The van der Waals surface area contributed by atoms with Crippen LogP contribution >= 0.6 is 8.25 Å². The van der Waals surface area contributed by atoms with Crippen LogP contribution in [0.2, 0.25) is 0 Å². The van der Waals surface area contributed by atoms with E-state index in [0.717, 1.165) is 24.8 Å². The number of benzene rings is 1. The first-order valence-corrected chi connectivity index (χ1v) is 12.0. The molecule has 0 bridgehead atoms. The lowest BCUT2D eigenvalue weighted by molar-refractivity contribution is 0.408. The zero-order valence-corrected chi connectivity index (χ0v) is 17.9. The highest BCUT2D eigenvalue weighted by atomic mass is 31.1. The van der Waals surface area contributed by atoms with Crippen molar-refractivity contribution in [2.24, 2.45) is 0 Å². The molecule has 0 amide bonds. The Morgan fingerprint density at radius 3 is 1.92 bits per heavy atom. The van der Waals surface area contributed by atoms with Gasteiger partial charge in [0.1, 0.15) is 5.75 Å². The minimum atomic E-state index is -2.95. The third kappa shape index (κ3) is 10.4. The van der Waals surface area contributed by atoms with Crippen LogP contribution in [0.15, 0.2) is 18.2 Å². The molecule has 1 N–H and O–H groups in total. The summed E-state index contributed by atoms with van der Waals surface area (Å²) >= 11 is 0. The van der Waals surface area contributed by atoms with Gasteiger partial charge in [0.25, 0.3) is 0 Å². The minimum absolute atomic E-state index is 0.619. The Kier molecular flexibility index (Phi) is 13.7. The number of hydrogen-bond donors (Lipinski definition) is 1. The van der Waals surface area contributed by atoms with E-state index < -0.39 is 8.25 Å². The Labute approximate surface area is 161 Å². The van der Waals surface area contributed by atoms with Crippen molar-refractivity contribution in [2.45, 2.75) is 104 Å².